The number of ether oxygens (including phenoxy) is 1. The van der Waals surface area contributed by atoms with Crippen molar-refractivity contribution in [2.75, 3.05) is 19.7 Å². The van der Waals surface area contributed by atoms with Gasteiger partial charge in [0.2, 0.25) is 5.91 Å². The van der Waals surface area contributed by atoms with Crippen LogP contribution in [0.1, 0.15) is 50.2 Å². The lowest BCUT2D eigenvalue weighted by molar-refractivity contribution is -0.147. The molecule has 1 fully saturated rings. The lowest BCUT2D eigenvalue weighted by atomic mass is 9.98. The van der Waals surface area contributed by atoms with Crippen LogP contribution < -0.4 is 5.32 Å². The molecule has 2 amide bonds. The van der Waals surface area contributed by atoms with Gasteiger partial charge in [-0.3, -0.25) is 9.59 Å². The maximum Gasteiger partial charge on any atom is 0.407 e. The van der Waals surface area contributed by atoms with Gasteiger partial charge in [-0.15, -0.1) is 0 Å². The molecule has 34 heavy (non-hydrogen) atoms. The number of benzene rings is 2. The molecule has 2 aliphatic carbocycles. The summed E-state index contributed by atoms with van der Waals surface area (Å²) in [5, 5.41) is 12.1. The van der Waals surface area contributed by atoms with Gasteiger partial charge in [-0.05, 0) is 41.0 Å². The Morgan fingerprint density at radius 2 is 1.65 bits per heavy atom. The van der Waals surface area contributed by atoms with Gasteiger partial charge in [0.25, 0.3) is 0 Å². The third-order valence-corrected chi connectivity index (χ3v) is 6.70. The van der Waals surface area contributed by atoms with Crippen molar-refractivity contribution in [3.05, 3.63) is 59.7 Å². The van der Waals surface area contributed by atoms with Crippen LogP contribution in [0.15, 0.2) is 48.5 Å². The van der Waals surface area contributed by atoms with Crippen LogP contribution in [0.25, 0.3) is 11.1 Å². The number of nitrogens with zero attached hydrogens (tertiary/aromatic N) is 1. The number of carboxylic acid groups (broad SMARTS) is 1. The number of fused-ring (bicyclic) bond motifs is 3. The lowest BCUT2D eigenvalue weighted by Crippen LogP contribution is -2.48. The second kappa shape index (κ2) is 10.3. The monoisotopic (exact) mass is 464 g/mol. The molecule has 0 bridgehead atoms. The van der Waals surface area contributed by atoms with Crippen molar-refractivity contribution in [2.24, 2.45) is 11.8 Å². The van der Waals surface area contributed by atoms with Gasteiger partial charge in [0, 0.05) is 18.5 Å². The summed E-state index contributed by atoms with van der Waals surface area (Å²) in [7, 11) is 0. The predicted molar refractivity (Wildman–Crippen MR) is 128 cm³/mol. The first-order chi connectivity index (χ1) is 16.3. The molecule has 0 spiro atoms. The molecule has 7 nitrogen and oxygen atoms in total. The Labute approximate surface area is 200 Å². The molecule has 1 saturated carbocycles. The molecule has 2 unspecified atom stereocenters. The third-order valence-electron chi connectivity index (χ3n) is 6.70. The summed E-state index contributed by atoms with van der Waals surface area (Å²) < 4.78 is 5.65. The van der Waals surface area contributed by atoms with Crippen molar-refractivity contribution in [3.8, 4) is 11.1 Å². The second-order valence-electron chi connectivity index (χ2n) is 9.62. The minimum atomic E-state index is -1.03. The van der Waals surface area contributed by atoms with Crippen molar-refractivity contribution in [1.29, 1.82) is 0 Å². The van der Waals surface area contributed by atoms with Crippen molar-refractivity contribution >= 4 is 18.0 Å². The summed E-state index contributed by atoms with van der Waals surface area (Å²) in [6.07, 6.45) is 1.55. The van der Waals surface area contributed by atoms with Crippen LogP contribution in [-0.2, 0) is 14.3 Å². The molecule has 0 saturated heterocycles. The molecule has 180 valence electrons. The maximum atomic E-state index is 13.1. The lowest BCUT2D eigenvalue weighted by Gasteiger charge is -2.28. The molecule has 0 radical (unpaired) electrons. The Bertz CT molecular complexity index is 1020. The summed E-state index contributed by atoms with van der Waals surface area (Å²) in [5.74, 6) is -1.56. The quantitative estimate of drug-likeness (QED) is 0.609. The minimum Gasteiger partial charge on any atom is -0.480 e. The smallest absolute Gasteiger partial charge is 0.407 e. The number of carboxylic acids is 1. The number of hydrogen-bond acceptors (Lipinski definition) is 4. The first kappa shape index (κ1) is 23.8. The summed E-state index contributed by atoms with van der Waals surface area (Å²) >= 11 is 0. The molecule has 2 N–H and O–H groups in total. The Morgan fingerprint density at radius 3 is 2.24 bits per heavy atom. The minimum absolute atomic E-state index is 0.0312. The summed E-state index contributed by atoms with van der Waals surface area (Å²) in [4.78, 5) is 38.5. The summed E-state index contributed by atoms with van der Waals surface area (Å²) in [6, 6.07) is 16.0. The molecule has 7 heteroatoms. The molecule has 2 aliphatic rings. The van der Waals surface area contributed by atoms with Crippen molar-refractivity contribution < 1.29 is 24.2 Å². The predicted octanol–water partition coefficient (Wildman–Crippen LogP) is 4.26. The Morgan fingerprint density at radius 1 is 1.03 bits per heavy atom. The van der Waals surface area contributed by atoms with E-state index in [0.717, 1.165) is 28.7 Å². The Balaban J connectivity index is 1.39. The van der Waals surface area contributed by atoms with Crippen LogP contribution in [0.3, 0.4) is 0 Å². The molecule has 2 atom stereocenters. The van der Waals surface area contributed by atoms with E-state index in [2.05, 4.69) is 29.6 Å². The van der Waals surface area contributed by atoms with Gasteiger partial charge in [-0.25, -0.2) is 4.79 Å². The van der Waals surface area contributed by atoms with Crippen LogP contribution >= 0.6 is 0 Å². The zero-order chi connectivity index (χ0) is 24.2. The zero-order valence-corrected chi connectivity index (χ0v) is 19.7. The van der Waals surface area contributed by atoms with Gasteiger partial charge in [-0.2, -0.15) is 0 Å². The molecule has 2 aromatic rings. The normalized spacial score (nSPS) is 18.9. The fraction of sp³-hybridized carbons (Fsp3) is 0.444. The van der Waals surface area contributed by atoms with E-state index in [9.17, 15) is 19.5 Å². The van der Waals surface area contributed by atoms with E-state index in [4.69, 9.17) is 4.74 Å². The number of aliphatic carboxylic acids is 1. The first-order valence-electron chi connectivity index (χ1n) is 12.0. The van der Waals surface area contributed by atoms with Crippen molar-refractivity contribution in [3.63, 3.8) is 0 Å². The highest BCUT2D eigenvalue weighted by Crippen LogP contribution is 2.44. The SMILES string of the molecule is CC(C)CN(CC(=O)O)C(=O)C1CCCC1NC(=O)OCC1c2ccccc2-c2ccccc21. The topological polar surface area (TPSA) is 95.9 Å². The molecular weight excluding hydrogens is 432 g/mol. The number of nitrogens with one attached hydrogen (secondary N) is 1. The fourth-order valence-corrected chi connectivity index (χ4v) is 5.29. The number of rotatable bonds is 8. The number of alkyl carbamates (subject to hydrolysis) is 1. The highest BCUT2D eigenvalue weighted by molar-refractivity contribution is 5.84. The number of amides is 2. The molecule has 0 aromatic heterocycles. The van der Waals surface area contributed by atoms with Crippen molar-refractivity contribution in [1.82, 2.24) is 10.2 Å². The third kappa shape index (κ3) is 5.08. The van der Waals surface area contributed by atoms with Gasteiger partial charge >= 0.3 is 12.1 Å². The van der Waals surface area contributed by atoms with Gasteiger partial charge in [0.05, 0.1) is 5.92 Å². The van der Waals surface area contributed by atoms with Gasteiger partial charge < -0.3 is 20.1 Å². The highest BCUT2D eigenvalue weighted by Gasteiger charge is 2.38. The van der Waals surface area contributed by atoms with Crippen LogP contribution in [0.4, 0.5) is 4.79 Å². The largest absolute Gasteiger partial charge is 0.480 e. The molecule has 2 aromatic carbocycles. The van der Waals surface area contributed by atoms with Crippen LogP contribution in [-0.4, -0.2) is 53.7 Å². The van der Waals surface area contributed by atoms with Gasteiger partial charge in [0.15, 0.2) is 0 Å². The van der Waals surface area contributed by atoms with E-state index in [1.807, 2.05) is 38.1 Å². The second-order valence-corrected chi connectivity index (χ2v) is 9.62. The molecular formula is C27H32N2O5. The standard InChI is InChI=1S/C27H32N2O5/c1-17(2)14-29(15-25(30)31)26(32)22-12-7-13-24(22)28-27(33)34-16-23-20-10-5-3-8-18(20)19-9-4-6-11-21(19)23/h3-6,8-11,17,22-24H,7,12-16H2,1-2H3,(H,28,33)(H,30,31). The highest BCUT2D eigenvalue weighted by atomic mass is 16.5. The number of hydrogen-bond donors (Lipinski definition) is 2. The first-order valence-corrected chi connectivity index (χ1v) is 12.0. The summed E-state index contributed by atoms with van der Waals surface area (Å²) in [5.41, 5.74) is 4.61. The van der Waals surface area contributed by atoms with E-state index < -0.39 is 18.0 Å². The van der Waals surface area contributed by atoms with E-state index in [0.29, 0.717) is 19.4 Å². The maximum absolute atomic E-state index is 13.1. The Kier molecular flexibility index (Phi) is 7.20. The Hall–Kier alpha value is -3.35. The van der Waals surface area contributed by atoms with Crippen LogP contribution in [0, 0.1) is 11.8 Å². The van der Waals surface area contributed by atoms with Gasteiger partial charge in [0.1, 0.15) is 13.2 Å². The van der Waals surface area contributed by atoms with Crippen LogP contribution in [0.2, 0.25) is 0 Å². The number of carbonyl (C=O) groups is 3. The zero-order valence-electron chi connectivity index (χ0n) is 19.7. The van der Waals surface area contributed by atoms with E-state index >= 15 is 0 Å². The van der Waals surface area contributed by atoms with Crippen LogP contribution in [0.5, 0.6) is 0 Å². The van der Waals surface area contributed by atoms with E-state index in [1.165, 1.54) is 4.90 Å². The molecule has 0 heterocycles. The van der Waals surface area contributed by atoms with E-state index in [-0.39, 0.29) is 36.9 Å². The number of carbonyl (C=O) groups excluding carboxylic acids is 2. The average Bonchev–Trinajstić information content (AvgIpc) is 3.38. The van der Waals surface area contributed by atoms with Crippen molar-refractivity contribution in [2.45, 2.75) is 45.1 Å². The fourth-order valence-electron chi connectivity index (χ4n) is 5.29. The molecule has 0 aliphatic heterocycles. The van der Waals surface area contributed by atoms with E-state index in [1.54, 1.807) is 0 Å². The average molecular weight is 465 g/mol. The van der Waals surface area contributed by atoms with Gasteiger partial charge in [-0.1, -0.05) is 68.8 Å². The molecule has 4 rings (SSSR count). The summed E-state index contributed by atoms with van der Waals surface area (Å²) in [6.45, 7) is 4.15.